The summed E-state index contributed by atoms with van der Waals surface area (Å²) in [5.41, 5.74) is 4.01. The number of anilines is 2. The average Bonchev–Trinajstić information content (AvgIpc) is 3.29. The third kappa shape index (κ3) is 4.69. The minimum absolute atomic E-state index is 0.312. The molecule has 1 aliphatic heterocycles. The summed E-state index contributed by atoms with van der Waals surface area (Å²) >= 11 is 5.69. The third-order valence-corrected chi connectivity index (χ3v) is 7.55. The monoisotopic (exact) mass is 535 g/mol. The van der Waals surface area contributed by atoms with Crippen LogP contribution in [0, 0.1) is 19.7 Å². The van der Waals surface area contributed by atoms with E-state index in [-0.39, 0.29) is 5.82 Å². The number of hydrogen-bond acceptors (Lipinski definition) is 5. The van der Waals surface area contributed by atoms with E-state index in [1.165, 1.54) is 34.9 Å². The Bertz CT molecular complexity index is 1650. The Labute approximate surface area is 224 Å². The number of thiocarbonyl (C=S) groups is 1. The number of imidazole rings is 1. The van der Waals surface area contributed by atoms with Crippen LogP contribution in [-0.4, -0.2) is 54.9 Å². The van der Waals surface area contributed by atoms with E-state index in [9.17, 15) is 14.0 Å². The van der Waals surface area contributed by atoms with Gasteiger partial charge in [0.2, 0.25) is 5.95 Å². The van der Waals surface area contributed by atoms with Gasteiger partial charge in [0.05, 0.1) is 6.54 Å². The Morgan fingerprint density at radius 3 is 2.32 bits per heavy atom. The van der Waals surface area contributed by atoms with Crippen LogP contribution in [0.4, 0.5) is 16.0 Å². The normalized spacial score (nSPS) is 13.8. The Morgan fingerprint density at radius 1 is 0.974 bits per heavy atom. The summed E-state index contributed by atoms with van der Waals surface area (Å²) in [6.07, 6.45) is 0. The van der Waals surface area contributed by atoms with Gasteiger partial charge >= 0.3 is 5.69 Å². The van der Waals surface area contributed by atoms with Gasteiger partial charge in [-0.1, -0.05) is 18.2 Å². The van der Waals surface area contributed by atoms with E-state index in [2.05, 4.69) is 41.1 Å². The number of halogens is 1. The molecule has 0 spiro atoms. The highest BCUT2D eigenvalue weighted by atomic mass is 32.1. The zero-order chi connectivity index (χ0) is 27.1. The molecular weight excluding hydrogens is 505 g/mol. The second kappa shape index (κ2) is 10.1. The summed E-state index contributed by atoms with van der Waals surface area (Å²) in [7, 11) is 3.07. The third-order valence-electron chi connectivity index (χ3n) is 7.19. The van der Waals surface area contributed by atoms with Crippen molar-refractivity contribution in [3.05, 3.63) is 85.8 Å². The lowest BCUT2D eigenvalue weighted by Gasteiger charge is -2.36. The van der Waals surface area contributed by atoms with Crippen molar-refractivity contribution in [2.45, 2.75) is 20.4 Å². The first-order valence-corrected chi connectivity index (χ1v) is 12.8. The Morgan fingerprint density at radius 2 is 1.66 bits per heavy atom. The quantitative estimate of drug-likeness (QED) is 0.403. The fourth-order valence-corrected chi connectivity index (χ4v) is 5.03. The highest BCUT2D eigenvalue weighted by molar-refractivity contribution is 7.80. The van der Waals surface area contributed by atoms with Crippen molar-refractivity contribution in [2.24, 2.45) is 14.1 Å². The molecule has 1 saturated heterocycles. The van der Waals surface area contributed by atoms with Crippen molar-refractivity contribution in [2.75, 3.05) is 36.4 Å². The van der Waals surface area contributed by atoms with Gasteiger partial charge in [0, 0.05) is 46.0 Å². The van der Waals surface area contributed by atoms with E-state index in [0.29, 0.717) is 54.9 Å². The van der Waals surface area contributed by atoms with Crippen LogP contribution in [0.15, 0.2) is 52.1 Å². The highest BCUT2D eigenvalue weighted by Gasteiger charge is 2.26. The Kier molecular flexibility index (Phi) is 6.78. The van der Waals surface area contributed by atoms with Crippen LogP contribution in [0.5, 0.6) is 0 Å². The maximum absolute atomic E-state index is 13.5. The molecule has 1 N–H and O–H groups in total. The lowest BCUT2D eigenvalue weighted by Crippen LogP contribution is -2.50. The van der Waals surface area contributed by atoms with Crippen LogP contribution in [0.25, 0.3) is 11.2 Å². The maximum atomic E-state index is 13.5. The number of rotatable bonds is 4. The summed E-state index contributed by atoms with van der Waals surface area (Å²) in [6, 6.07) is 12.3. The van der Waals surface area contributed by atoms with Gasteiger partial charge in [-0.25, -0.2) is 9.18 Å². The van der Waals surface area contributed by atoms with Crippen molar-refractivity contribution in [3.63, 3.8) is 0 Å². The molecule has 0 unspecified atom stereocenters. The van der Waals surface area contributed by atoms with E-state index in [0.717, 1.165) is 15.8 Å². The molecule has 3 heterocycles. The summed E-state index contributed by atoms with van der Waals surface area (Å²) < 4.78 is 17.8. The molecule has 0 radical (unpaired) electrons. The lowest BCUT2D eigenvalue weighted by atomic mass is 10.1. The maximum Gasteiger partial charge on any atom is 0.332 e. The summed E-state index contributed by atoms with van der Waals surface area (Å²) in [6.45, 7) is 7.02. The number of aryl methyl sites for hydroxylation is 3. The van der Waals surface area contributed by atoms with Crippen LogP contribution in [0.1, 0.15) is 16.7 Å². The minimum Gasteiger partial charge on any atom is -0.345 e. The number of hydrogen-bond donors (Lipinski definition) is 1. The van der Waals surface area contributed by atoms with Gasteiger partial charge < -0.3 is 15.1 Å². The number of nitrogens with one attached hydrogen (secondary N) is 1. The van der Waals surface area contributed by atoms with Gasteiger partial charge in [-0.3, -0.25) is 18.5 Å². The number of benzene rings is 2. The van der Waals surface area contributed by atoms with Crippen LogP contribution >= 0.6 is 12.2 Å². The molecule has 5 rings (SSSR count). The number of aromatic nitrogens is 4. The van der Waals surface area contributed by atoms with Crippen molar-refractivity contribution in [1.29, 1.82) is 0 Å². The predicted octanol–water partition coefficient (Wildman–Crippen LogP) is 2.76. The van der Waals surface area contributed by atoms with Gasteiger partial charge in [-0.2, -0.15) is 4.98 Å². The van der Waals surface area contributed by atoms with Gasteiger partial charge in [-0.15, -0.1) is 0 Å². The molecule has 0 bridgehead atoms. The molecule has 0 atom stereocenters. The molecule has 1 fully saturated rings. The topological polar surface area (TPSA) is 80.3 Å². The molecule has 4 aromatic rings. The molecular formula is C27H30FN7O2S. The standard InChI is InChI=1S/C27H30FN7O2S/c1-17-5-10-21(15-18(17)2)29-26(38)34-13-11-33(12-14-34)25-30-23-22(24(36)32(4)27(37)31(23)3)35(25)16-19-6-8-20(28)9-7-19/h5-10,15H,11-14,16H2,1-4H3,(H,29,38). The van der Waals surface area contributed by atoms with Gasteiger partial charge in [0.15, 0.2) is 16.3 Å². The summed E-state index contributed by atoms with van der Waals surface area (Å²) in [4.78, 5) is 34.8. The second-order valence-electron chi connectivity index (χ2n) is 9.71. The van der Waals surface area contributed by atoms with E-state index in [1.807, 2.05) is 10.6 Å². The molecule has 2 aromatic heterocycles. The van der Waals surface area contributed by atoms with Crippen molar-refractivity contribution in [3.8, 4) is 0 Å². The molecule has 11 heteroatoms. The van der Waals surface area contributed by atoms with Crippen molar-refractivity contribution >= 4 is 40.1 Å². The first kappa shape index (κ1) is 25.7. The smallest absolute Gasteiger partial charge is 0.332 e. The lowest BCUT2D eigenvalue weighted by molar-refractivity contribution is 0.386. The molecule has 9 nitrogen and oxygen atoms in total. The first-order chi connectivity index (χ1) is 18.1. The highest BCUT2D eigenvalue weighted by Crippen LogP contribution is 2.23. The van der Waals surface area contributed by atoms with Crippen molar-refractivity contribution in [1.82, 2.24) is 23.6 Å². The fourth-order valence-electron chi connectivity index (χ4n) is 4.73. The Balaban J connectivity index is 1.43. The first-order valence-electron chi connectivity index (χ1n) is 12.4. The molecule has 0 amide bonds. The SMILES string of the molecule is Cc1ccc(NC(=S)N2CCN(c3nc4c(c(=O)n(C)c(=O)n4C)n3Cc3ccc(F)cc3)CC2)cc1C. The van der Waals surface area contributed by atoms with E-state index < -0.39 is 11.2 Å². The van der Waals surface area contributed by atoms with Gasteiger partial charge in [0.1, 0.15) is 5.82 Å². The largest absolute Gasteiger partial charge is 0.345 e. The number of fused-ring (bicyclic) bond motifs is 1. The van der Waals surface area contributed by atoms with Crippen LogP contribution < -0.4 is 21.5 Å². The molecule has 0 aliphatic carbocycles. The average molecular weight is 536 g/mol. The molecule has 1 aliphatic rings. The zero-order valence-corrected chi connectivity index (χ0v) is 22.7. The van der Waals surface area contributed by atoms with E-state index in [1.54, 1.807) is 19.2 Å². The molecule has 2 aromatic carbocycles. The van der Waals surface area contributed by atoms with E-state index >= 15 is 0 Å². The predicted molar refractivity (Wildman–Crippen MR) is 152 cm³/mol. The molecule has 38 heavy (non-hydrogen) atoms. The molecule has 0 saturated carbocycles. The second-order valence-corrected chi connectivity index (χ2v) is 10.1. The van der Waals surface area contributed by atoms with Crippen LogP contribution in [-0.2, 0) is 20.6 Å². The Hall–Kier alpha value is -3.99. The zero-order valence-electron chi connectivity index (χ0n) is 21.9. The fraction of sp³-hybridized carbons (Fsp3) is 0.333. The van der Waals surface area contributed by atoms with Gasteiger partial charge in [0.25, 0.3) is 5.56 Å². The number of nitrogens with zero attached hydrogens (tertiary/aromatic N) is 6. The van der Waals surface area contributed by atoms with Crippen LogP contribution in [0.3, 0.4) is 0 Å². The summed E-state index contributed by atoms with van der Waals surface area (Å²) in [5.74, 6) is 0.264. The number of piperazine rings is 1. The van der Waals surface area contributed by atoms with Crippen LogP contribution in [0.2, 0.25) is 0 Å². The molecule has 198 valence electrons. The van der Waals surface area contributed by atoms with E-state index in [4.69, 9.17) is 17.2 Å². The van der Waals surface area contributed by atoms with Gasteiger partial charge in [-0.05, 0) is 67.0 Å². The summed E-state index contributed by atoms with van der Waals surface area (Å²) in [5, 5.41) is 3.99. The van der Waals surface area contributed by atoms with Crippen molar-refractivity contribution < 1.29 is 4.39 Å². The minimum atomic E-state index is -0.437.